The summed E-state index contributed by atoms with van der Waals surface area (Å²) in [7, 11) is -4.77. The smallest absolute Gasteiger partial charge is 0.462 e. The van der Waals surface area contributed by atoms with Gasteiger partial charge in [-0.25, -0.2) is 4.57 Å². The van der Waals surface area contributed by atoms with E-state index in [1.54, 1.807) is 0 Å². The molecule has 0 aliphatic carbocycles. The third-order valence-corrected chi connectivity index (χ3v) is 7.99. The Labute approximate surface area is 292 Å². The minimum Gasteiger partial charge on any atom is -0.462 e. The zero-order valence-electron chi connectivity index (χ0n) is 30.1. The van der Waals surface area contributed by atoms with Crippen LogP contribution >= 0.6 is 7.82 Å². The summed E-state index contributed by atoms with van der Waals surface area (Å²) in [6, 6.07) is 0. The molecular weight excluding hydrogens is 627 g/mol. The molecule has 0 aliphatic heterocycles. The van der Waals surface area contributed by atoms with Crippen LogP contribution in [0, 0.1) is 0 Å². The minimum absolute atomic E-state index is 0.131. The summed E-state index contributed by atoms with van der Waals surface area (Å²) in [5.74, 6) is -0.975. The highest BCUT2D eigenvalue weighted by atomic mass is 31.2. The summed E-state index contributed by atoms with van der Waals surface area (Å²) in [4.78, 5) is 42.6. The van der Waals surface area contributed by atoms with Crippen LogP contribution in [0.15, 0.2) is 60.8 Å². The molecule has 1 atom stereocenters. The first-order chi connectivity index (χ1) is 23.3. The van der Waals surface area contributed by atoms with Gasteiger partial charge in [0.2, 0.25) is 0 Å². The first-order valence-electron chi connectivity index (χ1n) is 18.6. The second kappa shape index (κ2) is 34.6. The summed E-state index contributed by atoms with van der Waals surface area (Å²) in [6.45, 7) is 3.57. The van der Waals surface area contributed by atoms with Crippen molar-refractivity contribution in [1.29, 1.82) is 0 Å². The fourth-order valence-electron chi connectivity index (χ4n) is 4.71. The molecule has 2 N–H and O–H groups in total. The van der Waals surface area contributed by atoms with E-state index in [9.17, 15) is 14.2 Å². The SMILES string of the molecule is CCCCC/C=C/C/C=C/C/C=C/C/C=C/CCCC(=O)O[C@H](COC(=O)CCCCC/C=C/CCCCCCCC)COP(=O)(O)O. The first-order valence-corrected chi connectivity index (χ1v) is 20.1. The van der Waals surface area contributed by atoms with Gasteiger partial charge in [-0.1, -0.05) is 126 Å². The van der Waals surface area contributed by atoms with Gasteiger partial charge in [-0.15, -0.1) is 0 Å². The Balaban J connectivity index is 4.12. The average Bonchev–Trinajstić information content (AvgIpc) is 3.05. The number of esters is 2. The molecule has 0 spiro atoms. The number of hydrogen-bond donors (Lipinski definition) is 2. The Bertz CT molecular complexity index is 963. The maximum atomic E-state index is 12.3. The van der Waals surface area contributed by atoms with Gasteiger partial charge in [0.1, 0.15) is 6.61 Å². The molecule has 0 bridgehead atoms. The van der Waals surface area contributed by atoms with Crippen LogP contribution in [0.1, 0.15) is 155 Å². The van der Waals surface area contributed by atoms with Crippen LogP contribution in [0.4, 0.5) is 0 Å². The molecule has 0 aromatic carbocycles. The van der Waals surface area contributed by atoms with E-state index in [1.807, 2.05) is 6.08 Å². The van der Waals surface area contributed by atoms with Crippen LogP contribution in [0.3, 0.4) is 0 Å². The van der Waals surface area contributed by atoms with Gasteiger partial charge >= 0.3 is 19.8 Å². The van der Waals surface area contributed by atoms with E-state index in [-0.39, 0.29) is 19.4 Å². The van der Waals surface area contributed by atoms with Crippen LogP contribution in [-0.4, -0.2) is 41.0 Å². The van der Waals surface area contributed by atoms with E-state index in [0.29, 0.717) is 19.3 Å². The normalized spacial score (nSPS) is 13.2. The third-order valence-electron chi connectivity index (χ3n) is 7.51. The van der Waals surface area contributed by atoms with Crippen molar-refractivity contribution in [3.05, 3.63) is 60.8 Å². The Hall–Kier alpha value is -2.25. The van der Waals surface area contributed by atoms with E-state index in [4.69, 9.17) is 19.3 Å². The fraction of sp³-hybridized carbons (Fsp3) is 0.692. The van der Waals surface area contributed by atoms with Crippen LogP contribution in [-0.2, 0) is 28.2 Å². The van der Waals surface area contributed by atoms with Crippen molar-refractivity contribution in [2.24, 2.45) is 0 Å². The number of hydrogen-bond acceptors (Lipinski definition) is 6. The summed E-state index contributed by atoms with van der Waals surface area (Å²) in [6.07, 6.45) is 42.3. The number of carbonyl (C=O) groups is 2. The predicted molar refractivity (Wildman–Crippen MR) is 197 cm³/mol. The number of phosphoric acid groups is 1. The summed E-state index contributed by atoms with van der Waals surface area (Å²) < 4.78 is 26.2. The third kappa shape index (κ3) is 36.6. The number of ether oxygens (including phenoxy) is 2. The molecule has 48 heavy (non-hydrogen) atoms. The van der Waals surface area contributed by atoms with Crippen molar-refractivity contribution in [1.82, 2.24) is 0 Å². The molecule has 0 saturated carbocycles. The molecular formula is C39H67O8P. The molecule has 0 aromatic rings. The molecule has 0 aliphatic rings. The van der Waals surface area contributed by atoms with Gasteiger partial charge in [0, 0.05) is 12.8 Å². The summed E-state index contributed by atoms with van der Waals surface area (Å²) in [5, 5.41) is 0. The lowest BCUT2D eigenvalue weighted by Gasteiger charge is -2.18. The molecule has 0 amide bonds. The van der Waals surface area contributed by atoms with Crippen molar-refractivity contribution >= 4 is 19.8 Å². The maximum absolute atomic E-state index is 12.3. The summed E-state index contributed by atoms with van der Waals surface area (Å²) in [5.41, 5.74) is 0. The predicted octanol–water partition coefficient (Wildman–Crippen LogP) is 11.0. The van der Waals surface area contributed by atoms with E-state index in [0.717, 1.165) is 44.9 Å². The molecule has 0 unspecified atom stereocenters. The standard InChI is InChI=1S/C39H67O8P/c1-3-5-7-9-11-13-15-17-18-19-20-22-24-26-28-30-32-34-39(41)47-37(36-46-48(42,43)44)35-45-38(40)33-31-29-27-25-23-21-16-14-12-10-8-6-4-2/h11,13,17-18,20-23,26,28,37H,3-10,12,14-16,19,24-25,27,29-36H2,1-2H3,(H2,42,43,44)/b13-11+,18-17+,22-20+,23-21+,28-26+/t37-/m1/s1. The van der Waals surface area contributed by atoms with Gasteiger partial charge in [-0.05, 0) is 77.0 Å². The topological polar surface area (TPSA) is 119 Å². The molecule has 8 nitrogen and oxygen atoms in total. The molecule has 9 heteroatoms. The lowest BCUT2D eigenvalue weighted by Crippen LogP contribution is -2.29. The van der Waals surface area contributed by atoms with E-state index < -0.39 is 32.5 Å². The second-order valence-corrected chi connectivity index (χ2v) is 13.4. The Morgan fingerprint density at radius 3 is 1.52 bits per heavy atom. The zero-order chi connectivity index (χ0) is 35.4. The number of phosphoric ester groups is 1. The molecule has 276 valence electrons. The van der Waals surface area contributed by atoms with Gasteiger partial charge in [0.05, 0.1) is 6.61 Å². The highest BCUT2D eigenvalue weighted by molar-refractivity contribution is 7.46. The second-order valence-electron chi connectivity index (χ2n) is 12.2. The van der Waals surface area contributed by atoms with E-state index in [2.05, 4.69) is 73.1 Å². The fourth-order valence-corrected chi connectivity index (χ4v) is 5.07. The molecule has 0 radical (unpaired) electrons. The number of allylic oxidation sites excluding steroid dienone is 10. The van der Waals surface area contributed by atoms with Crippen LogP contribution in [0.2, 0.25) is 0 Å². The Morgan fingerprint density at radius 2 is 0.958 bits per heavy atom. The molecule has 0 heterocycles. The van der Waals surface area contributed by atoms with Crippen molar-refractivity contribution in [2.75, 3.05) is 13.2 Å². The average molecular weight is 695 g/mol. The van der Waals surface area contributed by atoms with Crippen molar-refractivity contribution in [3.63, 3.8) is 0 Å². The number of rotatable bonds is 33. The largest absolute Gasteiger partial charge is 0.469 e. The Morgan fingerprint density at radius 1 is 0.542 bits per heavy atom. The number of carbonyl (C=O) groups excluding carboxylic acids is 2. The molecule has 0 rings (SSSR count). The van der Waals surface area contributed by atoms with Crippen LogP contribution in [0.5, 0.6) is 0 Å². The van der Waals surface area contributed by atoms with Crippen molar-refractivity contribution in [2.45, 2.75) is 161 Å². The molecule has 0 aromatic heterocycles. The maximum Gasteiger partial charge on any atom is 0.469 e. The first kappa shape index (κ1) is 45.8. The minimum atomic E-state index is -4.77. The number of unbranched alkanes of at least 4 members (excludes halogenated alkanes) is 13. The van der Waals surface area contributed by atoms with Gasteiger partial charge in [0.25, 0.3) is 0 Å². The van der Waals surface area contributed by atoms with E-state index in [1.165, 1.54) is 64.2 Å². The highest BCUT2D eigenvalue weighted by Crippen LogP contribution is 2.35. The van der Waals surface area contributed by atoms with E-state index >= 15 is 0 Å². The molecule has 0 saturated heterocycles. The summed E-state index contributed by atoms with van der Waals surface area (Å²) >= 11 is 0. The van der Waals surface area contributed by atoms with Gasteiger partial charge in [-0.2, -0.15) is 0 Å². The lowest BCUT2D eigenvalue weighted by molar-refractivity contribution is -0.161. The monoisotopic (exact) mass is 694 g/mol. The quantitative estimate of drug-likeness (QED) is 0.0301. The zero-order valence-corrected chi connectivity index (χ0v) is 31.0. The highest BCUT2D eigenvalue weighted by Gasteiger charge is 2.22. The lowest BCUT2D eigenvalue weighted by atomic mass is 10.1. The van der Waals surface area contributed by atoms with Gasteiger partial charge < -0.3 is 19.3 Å². The van der Waals surface area contributed by atoms with Crippen molar-refractivity contribution in [3.8, 4) is 0 Å². The Kier molecular flexibility index (Phi) is 33.0. The van der Waals surface area contributed by atoms with Crippen LogP contribution in [0.25, 0.3) is 0 Å². The van der Waals surface area contributed by atoms with Gasteiger partial charge in [-0.3, -0.25) is 14.1 Å². The van der Waals surface area contributed by atoms with Gasteiger partial charge in [0.15, 0.2) is 6.10 Å². The van der Waals surface area contributed by atoms with Crippen LogP contribution < -0.4 is 0 Å². The van der Waals surface area contributed by atoms with Crippen molar-refractivity contribution < 1.29 is 37.9 Å². The molecule has 0 fully saturated rings.